The van der Waals surface area contributed by atoms with Gasteiger partial charge in [0.15, 0.2) is 6.29 Å². The summed E-state index contributed by atoms with van der Waals surface area (Å²) in [6.45, 7) is 1.72. The molecule has 17 heavy (non-hydrogen) atoms. The summed E-state index contributed by atoms with van der Waals surface area (Å²) < 4.78 is 5.10. The van der Waals surface area contributed by atoms with Gasteiger partial charge in [0, 0.05) is 5.39 Å². The third kappa shape index (κ3) is 1.80. The summed E-state index contributed by atoms with van der Waals surface area (Å²) in [6, 6.07) is 3.31. The van der Waals surface area contributed by atoms with E-state index >= 15 is 0 Å². The number of nitrogens with one attached hydrogen (secondary N) is 1. The summed E-state index contributed by atoms with van der Waals surface area (Å²) in [5.41, 5.74) is 0.922. The van der Waals surface area contributed by atoms with Gasteiger partial charge in [-0.2, -0.15) is 0 Å². The van der Waals surface area contributed by atoms with Crippen LogP contribution in [0.25, 0.3) is 10.9 Å². The maximum Gasteiger partial charge on any atom is 0.259 e. The normalized spacial score (nSPS) is 10.5. The first kappa shape index (κ1) is 11.7. The number of hydrogen-bond acceptors (Lipinski definition) is 3. The minimum atomic E-state index is -0.411. The van der Waals surface area contributed by atoms with Gasteiger partial charge >= 0.3 is 0 Å². The monoisotopic (exact) mass is 251 g/mol. The quantitative estimate of drug-likeness (QED) is 0.834. The number of benzene rings is 1. The third-order valence-corrected chi connectivity index (χ3v) is 3.01. The van der Waals surface area contributed by atoms with Crippen LogP contribution in [0.4, 0.5) is 0 Å². The van der Waals surface area contributed by atoms with Crippen LogP contribution in [-0.2, 0) is 0 Å². The molecule has 1 N–H and O–H groups in total. The maximum atomic E-state index is 11.6. The lowest BCUT2D eigenvalue weighted by molar-refractivity contribution is 0.112. The molecule has 2 rings (SSSR count). The number of H-pyrrole nitrogens is 1. The smallest absolute Gasteiger partial charge is 0.259 e. The Kier molecular flexibility index (Phi) is 2.90. The first-order valence-electron chi connectivity index (χ1n) is 4.93. The zero-order valence-corrected chi connectivity index (χ0v) is 10.1. The summed E-state index contributed by atoms with van der Waals surface area (Å²) in [4.78, 5) is 25.0. The lowest BCUT2D eigenvalue weighted by atomic mass is 10.1. The van der Waals surface area contributed by atoms with Crippen molar-refractivity contribution in [3.63, 3.8) is 0 Å². The van der Waals surface area contributed by atoms with Gasteiger partial charge in [-0.25, -0.2) is 0 Å². The molecule has 1 aromatic carbocycles. The molecule has 0 aliphatic rings. The molecule has 0 bridgehead atoms. The fourth-order valence-electron chi connectivity index (χ4n) is 1.77. The Morgan fingerprint density at radius 1 is 1.41 bits per heavy atom. The SMILES string of the molecule is COc1cc2c(C)c(C=O)c(=O)[nH]c2cc1Cl. The van der Waals surface area contributed by atoms with Crippen molar-refractivity contribution >= 4 is 28.8 Å². The number of ether oxygens (including phenoxy) is 1. The van der Waals surface area contributed by atoms with Gasteiger partial charge in [-0.3, -0.25) is 9.59 Å². The van der Waals surface area contributed by atoms with Crippen LogP contribution in [0.5, 0.6) is 5.75 Å². The van der Waals surface area contributed by atoms with Crippen molar-refractivity contribution in [2.24, 2.45) is 0 Å². The second-order valence-electron chi connectivity index (χ2n) is 3.64. The molecule has 0 saturated heterocycles. The minimum Gasteiger partial charge on any atom is -0.495 e. The largest absolute Gasteiger partial charge is 0.495 e. The Labute approximate surface area is 102 Å². The molecule has 4 nitrogen and oxygen atoms in total. The first-order valence-corrected chi connectivity index (χ1v) is 5.31. The van der Waals surface area contributed by atoms with Crippen molar-refractivity contribution in [3.05, 3.63) is 38.6 Å². The van der Waals surface area contributed by atoms with Crippen molar-refractivity contribution in [3.8, 4) is 5.75 Å². The van der Waals surface area contributed by atoms with E-state index in [1.54, 1.807) is 19.1 Å². The molecule has 0 amide bonds. The van der Waals surface area contributed by atoms with Gasteiger partial charge in [0.05, 0.1) is 23.2 Å². The van der Waals surface area contributed by atoms with Crippen LogP contribution in [0.2, 0.25) is 5.02 Å². The average molecular weight is 252 g/mol. The van der Waals surface area contributed by atoms with Gasteiger partial charge in [0.2, 0.25) is 0 Å². The molecule has 0 saturated carbocycles. The molecule has 0 aliphatic carbocycles. The topological polar surface area (TPSA) is 59.2 Å². The zero-order chi connectivity index (χ0) is 12.6. The van der Waals surface area contributed by atoms with E-state index < -0.39 is 5.56 Å². The Bertz CT molecular complexity index is 661. The molecule has 0 aliphatic heterocycles. The van der Waals surface area contributed by atoms with Crippen LogP contribution >= 0.6 is 11.6 Å². The summed E-state index contributed by atoms with van der Waals surface area (Å²) in [7, 11) is 1.51. The van der Waals surface area contributed by atoms with Gasteiger partial charge in [0.1, 0.15) is 5.75 Å². The molecule has 5 heteroatoms. The highest BCUT2D eigenvalue weighted by molar-refractivity contribution is 6.32. The molecule has 2 aromatic rings. The Morgan fingerprint density at radius 3 is 2.71 bits per heavy atom. The number of aldehydes is 1. The zero-order valence-electron chi connectivity index (χ0n) is 9.33. The van der Waals surface area contributed by atoms with Gasteiger partial charge < -0.3 is 9.72 Å². The van der Waals surface area contributed by atoms with Crippen molar-refractivity contribution in [2.75, 3.05) is 7.11 Å². The van der Waals surface area contributed by atoms with Crippen LogP contribution < -0.4 is 10.3 Å². The number of fused-ring (bicyclic) bond motifs is 1. The van der Waals surface area contributed by atoms with Crippen LogP contribution in [-0.4, -0.2) is 18.4 Å². The van der Waals surface area contributed by atoms with Crippen LogP contribution in [0.3, 0.4) is 0 Å². The standard InChI is InChI=1S/C12H10ClNO3/c1-6-7-3-11(17-2)9(13)4-10(7)14-12(16)8(6)5-15/h3-5H,1-2H3,(H,14,16). The summed E-state index contributed by atoms with van der Waals surface area (Å²) in [6.07, 6.45) is 0.550. The van der Waals surface area contributed by atoms with Crippen LogP contribution in [0.15, 0.2) is 16.9 Å². The van der Waals surface area contributed by atoms with E-state index in [0.29, 0.717) is 28.1 Å². The Balaban J connectivity index is 2.93. The van der Waals surface area contributed by atoms with Crippen molar-refractivity contribution in [2.45, 2.75) is 6.92 Å². The van der Waals surface area contributed by atoms with Crippen LogP contribution in [0.1, 0.15) is 15.9 Å². The summed E-state index contributed by atoms with van der Waals surface area (Å²) >= 11 is 5.97. The predicted octanol–water partition coefficient (Wildman–Crippen LogP) is 2.31. The lowest BCUT2D eigenvalue weighted by Gasteiger charge is -2.08. The first-order chi connectivity index (χ1) is 8.08. The van der Waals surface area contributed by atoms with E-state index in [1.165, 1.54) is 7.11 Å². The molecule has 0 radical (unpaired) electrons. The highest BCUT2D eigenvalue weighted by Gasteiger charge is 2.11. The van der Waals surface area contributed by atoms with E-state index in [9.17, 15) is 9.59 Å². The van der Waals surface area contributed by atoms with Crippen LogP contribution in [0, 0.1) is 6.92 Å². The average Bonchev–Trinajstić information content (AvgIpc) is 2.29. The Morgan fingerprint density at radius 2 is 2.12 bits per heavy atom. The van der Waals surface area contributed by atoms with Crippen molar-refractivity contribution in [1.82, 2.24) is 4.98 Å². The predicted molar refractivity (Wildman–Crippen MR) is 66.3 cm³/mol. The second kappa shape index (κ2) is 4.22. The fourth-order valence-corrected chi connectivity index (χ4v) is 2.01. The Hall–Kier alpha value is -1.81. The van der Waals surface area contributed by atoms with Gasteiger partial charge in [-0.15, -0.1) is 0 Å². The summed E-state index contributed by atoms with van der Waals surface area (Å²) in [5, 5.41) is 1.15. The lowest BCUT2D eigenvalue weighted by Crippen LogP contribution is -2.14. The minimum absolute atomic E-state index is 0.127. The van der Waals surface area contributed by atoms with Gasteiger partial charge in [-0.1, -0.05) is 11.6 Å². The van der Waals surface area contributed by atoms with Crippen molar-refractivity contribution < 1.29 is 9.53 Å². The van der Waals surface area contributed by atoms with Gasteiger partial charge in [-0.05, 0) is 24.6 Å². The summed E-state index contributed by atoms with van der Waals surface area (Å²) in [5.74, 6) is 0.506. The highest BCUT2D eigenvalue weighted by Crippen LogP contribution is 2.30. The molecule has 0 unspecified atom stereocenters. The number of carbonyl (C=O) groups is 1. The molecule has 88 valence electrons. The van der Waals surface area contributed by atoms with Crippen molar-refractivity contribution in [1.29, 1.82) is 0 Å². The molecule has 1 heterocycles. The molecule has 0 spiro atoms. The van der Waals surface area contributed by atoms with E-state index in [0.717, 1.165) is 5.39 Å². The molecular formula is C12H10ClNO3. The number of pyridine rings is 1. The number of aromatic amines is 1. The number of halogens is 1. The third-order valence-electron chi connectivity index (χ3n) is 2.71. The van der Waals surface area contributed by atoms with E-state index in [-0.39, 0.29) is 5.56 Å². The van der Waals surface area contributed by atoms with E-state index in [2.05, 4.69) is 4.98 Å². The van der Waals surface area contributed by atoms with E-state index in [4.69, 9.17) is 16.3 Å². The number of aromatic nitrogens is 1. The number of carbonyl (C=O) groups excluding carboxylic acids is 1. The maximum absolute atomic E-state index is 11.6. The number of rotatable bonds is 2. The molecule has 0 fully saturated rings. The molecule has 0 atom stereocenters. The number of aryl methyl sites for hydroxylation is 1. The van der Waals surface area contributed by atoms with E-state index in [1.807, 2.05) is 0 Å². The highest BCUT2D eigenvalue weighted by atomic mass is 35.5. The molecule has 1 aromatic heterocycles. The number of methoxy groups -OCH3 is 1. The second-order valence-corrected chi connectivity index (χ2v) is 4.05. The fraction of sp³-hybridized carbons (Fsp3) is 0.167. The number of hydrogen-bond donors (Lipinski definition) is 1. The van der Waals surface area contributed by atoms with Gasteiger partial charge in [0.25, 0.3) is 5.56 Å². The molecular weight excluding hydrogens is 242 g/mol.